The van der Waals surface area contributed by atoms with Gasteiger partial charge in [0.15, 0.2) is 0 Å². The first-order valence-electron chi connectivity index (χ1n) is 8.81. The molecule has 27 heavy (non-hydrogen) atoms. The maximum atomic E-state index is 12.1. The molecule has 2 atom stereocenters. The Labute approximate surface area is 166 Å². The summed E-state index contributed by atoms with van der Waals surface area (Å²) in [6, 6.07) is 19.2. The van der Waals surface area contributed by atoms with Gasteiger partial charge in [0.2, 0.25) is 5.91 Å². The lowest BCUT2D eigenvalue weighted by atomic mass is 10.1. The van der Waals surface area contributed by atoms with Crippen LogP contribution in [0.15, 0.2) is 60.7 Å². The number of carbonyl (C=O) groups is 2. The fourth-order valence-electron chi connectivity index (χ4n) is 2.53. The van der Waals surface area contributed by atoms with Gasteiger partial charge in [-0.1, -0.05) is 67.6 Å². The molecule has 0 fully saturated rings. The van der Waals surface area contributed by atoms with E-state index in [1.54, 1.807) is 6.92 Å². The fourth-order valence-corrected chi connectivity index (χ4v) is 2.53. The lowest BCUT2D eigenvalue weighted by molar-refractivity contribution is -0.147. The summed E-state index contributed by atoms with van der Waals surface area (Å²) in [5.74, 6) is -1.03. The molecule has 0 radical (unpaired) electrons. The predicted molar refractivity (Wildman–Crippen MR) is 108 cm³/mol. The van der Waals surface area contributed by atoms with Crippen LogP contribution < -0.4 is 11.1 Å². The van der Waals surface area contributed by atoms with Gasteiger partial charge in [-0.05, 0) is 17.5 Å². The number of benzene rings is 2. The number of carbonyl (C=O) groups excluding carboxylic acids is 2. The molecule has 0 aliphatic heterocycles. The smallest absolute Gasteiger partial charge is 0.306 e. The average Bonchev–Trinajstić information content (AvgIpc) is 2.66. The van der Waals surface area contributed by atoms with E-state index in [-0.39, 0.29) is 43.4 Å². The molecule has 0 aliphatic rings. The monoisotopic (exact) mass is 390 g/mol. The van der Waals surface area contributed by atoms with Crippen molar-refractivity contribution < 1.29 is 14.3 Å². The summed E-state index contributed by atoms with van der Waals surface area (Å²) in [6.07, 6.45) is 0.737. The number of ether oxygens (including phenoxy) is 1. The minimum atomic E-state index is -0.456. The van der Waals surface area contributed by atoms with Crippen molar-refractivity contribution in [3.8, 4) is 0 Å². The van der Waals surface area contributed by atoms with Crippen LogP contribution in [0.4, 0.5) is 0 Å². The highest BCUT2D eigenvalue weighted by atomic mass is 35.5. The van der Waals surface area contributed by atoms with Crippen LogP contribution in [0.5, 0.6) is 0 Å². The van der Waals surface area contributed by atoms with Gasteiger partial charge < -0.3 is 15.8 Å². The molecule has 2 aromatic rings. The van der Waals surface area contributed by atoms with Crippen LogP contribution >= 0.6 is 12.4 Å². The van der Waals surface area contributed by atoms with Crippen LogP contribution in [-0.4, -0.2) is 24.5 Å². The van der Waals surface area contributed by atoms with Crippen LogP contribution in [0.3, 0.4) is 0 Å². The number of nitrogens with one attached hydrogen (secondary N) is 1. The molecular formula is C21H27ClN2O3. The molecule has 5 nitrogen and oxygen atoms in total. The topological polar surface area (TPSA) is 81.4 Å². The number of esters is 1. The summed E-state index contributed by atoms with van der Waals surface area (Å²) < 4.78 is 5.21. The predicted octanol–water partition coefficient (Wildman–Crippen LogP) is 2.86. The van der Waals surface area contributed by atoms with Gasteiger partial charge in [-0.15, -0.1) is 12.4 Å². The van der Waals surface area contributed by atoms with Crippen LogP contribution in [0.25, 0.3) is 0 Å². The highest BCUT2D eigenvalue weighted by molar-refractivity contribution is 5.85. The first kappa shape index (κ1) is 22.7. The van der Waals surface area contributed by atoms with E-state index in [0.717, 1.165) is 11.1 Å². The Morgan fingerprint density at radius 3 is 2.15 bits per heavy atom. The van der Waals surface area contributed by atoms with Crippen molar-refractivity contribution in [2.75, 3.05) is 6.54 Å². The summed E-state index contributed by atoms with van der Waals surface area (Å²) in [4.78, 5) is 24.0. The maximum Gasteiger partial charge on any atom is 0.306 e. The van der Waals surface area contributed by atoms with Crippen LogP contribution in [-0.2, 0) is 27.4 Å². The van der Waals surface area contributed by atoms with Crippen molar-refractivity contribution in [3.05, 3.63) is 71.8 Å². The zero-order valence-electron chi connectivity index (χ0n) is 15.5. The number of rotatable bonds is 9. The van der Waals surface area contributed by atoms with Gasteiger partial charge in [-0.3, -0.25) is 9.59 Å². The van der Waals surface area contributed by atoms with Crippen molar-refractivity contribution in [3.63, 3.8) is 0 Å². The van der Waals surface area contributed by atoms with Crippen molar-refractivity contribution >= 4 is 24.3 Å². The number of hydrogen-bond donors (Lipinski definition) is 2. The molecule has 0 heterocycles. The molecule has 0 aliphatic carbocycles. The van der Waals surface area contributed by atoms with Gasteiger partial charge >= 0.3 is 5.97 Å². The van der Waals surface area contributed by atoms with E-state index in [9.17, 15) is 9.59 Å². The summed E-state index contributed by atoms with van der Waals surface area (Å²) in [5, 5.41) is 2.81. The van der Waals surface area contributed by atoms with Crippen LogP contribution in [0.1, 0.15) is 24.5 Å². The molecule has 0 spiro atoms. The summed E-state index contributed by atoms with van der Waals surface area (Å²) >= 11 is 0. The molecule has 0 unspecified atom stereocenters. The largest absolute Gasteiger partial charge is 0.461 e. The second kappa shape index (κ2) is 12.1. The Bertz CT molecular complexity index is 695. The van der Waals surface area contributed by atoms with E-state index in [1.807, 2.05) is 60.7 Å². The van der Waals surface area contributed by atoms with Gasteiger partial charge in [0.05, 0.1) is 6.42 Å². The molecule has 1 amide bonds. The third-order valence-electron chi connectivity index (χ3n) is 4.04. The van der Waals surface area contributed by atoms with E-state index in [0.29, 0.717) is 13.0 Å². The van der Waals surface area contributed by atoms with E-state index in [4.69, 9.17) is 10.5 Å². The lowest BCUT2D eigenvalue weighted by Crippen LogP contribution is -2.41. The van der Waals surface area contributed by atoms with E-state index >= 15 is 0 Å². The SMILES string of the molecule is C[C@@H](CC(=O)OCc1ccccc1)C(=O)NC[C@@H](N)Cc1ccccc1.Cl. The molecule has 2 aromatic carbocycles. The zero-order valence-corrected chi connectivity index (χ0v) is 16.3. The first-order valence-corrected chi connectivity index (χ1v) is 8.81. The van der Waals surface area contributed by atoms with Crippen molar-refractivity contribution in [2.24, 2.45) is 11.7 Å². The quantitative estimate of drug-likeness (QED) is 0.645. The molecule has 146 valence electrons. The normalized spacial score (nSPS) is 12.4. The molecule has 0 aromatic heterocycles. The number of nitrogens with two attached hydrogens (primary N) is 1. The van der Waals surface area contributed by atoms with Crippen molar-refractivity contribution in [1.29, 1.82) is 0 Å². The Morgan fingerprint density at radius 2 is 1.56 bits per heavy atom. The minimum absolute atomic E-state index is 0. The highest BCUT2D eigenvalue weighted by Gasteiger charge is 2.18. The third kappa shape index (κ3) is 8.71. The van der Waals surface area contributed by atoms with Gasteiger partial charge in [0, 0.05) is 18.5 Å². The molecule has 6 heteroatoms. The molecule has 2 rings (SSSR count). The Balaban J connectivity index is 0.00000364. The van der Waals surface area contributed by atoms with Gasteiger partial charge in [0.25, 0.3) is 0 Å². The van der Waals surface area contributed by atoms with E-state index in [2.05, 4.69) is 5.32 Å². The van der Waals surface area contributed by atoms with E-state index in [1.165, 1.54) is 0 Å². The number of hydrogen-bond acceptors (Lipinski definition) is 4. The minimum Gasteiger partial charge on any atom is -0.461 e. The summed E-state index contributed by atoms with van der Waals surface area (Å²) in [6.45, 7) is 2.30. The van der Waals surface area contributed by atoms with E-state index < -0.39 is 5.92 Å². The number of halogens is 1. The van der Waals surface area contributed by atoms with Crippen LogP contribution in [0, 0.1) is 5.92 Å². The third-order valence-corrected chi connectivity index (χ3v) is 4.04. The lowest BCUT2D eigenvalue weighted by Gasteiger charge is -2.16. The molecule has 3 N–H and O–H groups in total. The molecule has 0 saturated carbocycles. The van der Waals surface area contributed by atoms with Gasteiger partial charge in [-0.25, -0.2) is 0 Å². The average molecular weight is 391 g/mol. The Morgan fingerprint density at radius 1 is 1.00 bits per heavy atom. The fraction of sp³-hybridized carbons (Fsp3) is 0.333. The Kier molecular flexibility index (Phi) is 10.2. The summed E-state index contributed by atoms with van der Waals surface area (Å²) in [5.41, 5.74) is 8.11. The zero-order chi connectivity index (χ0) is 18.8. The second-order valence-electron chi connectivity index (χ2n) is 6.45. The molecule has 0 bridgehead atoms. The van der Waals surface area contributed by atoms with Gasteiger partial charge in [-0.2, -0.15) is 0 Å². The van der Waals surface area contributed by atoms with Crippen molar-refractivity contribution in [2.45, 2.75) is 32.4 Å². The highest BCUT2D eigenvalue weighted by Crippen LogP contribution is 2.07. The van der Waals surface area contributed by atoms with Crippen molar-refractivity contribution in [1.82, 2.24) is 5.32 Å². The first-order chi connectivity index (χ1) is 12.5. The standard InChI is InChI=1S/C21H26N2O3.ClH/c1-16(12-20(24)26-15-18-10-6-3-7-11-18)21(25)23-14-19(22)13-17-8-4-2-5-9-17;/h2-11,16,19H,12-15,22H2,1H3,(H,23,25);1H/t16-,19-;/m0./s1. The van der Waals surface area contributed by atoms with Crippen LogP contribution in [0.2, 0.25) is 0 Å². The maximum absolute atomic E-state index is 12.1. The number of amides is 1. The molecular weight excluding hydrogens is 364 g/mol. The second-order valence-corrected chi connectivity index (χ2v) is 6.45. The van der Waals surface area contributed by atoms with Gasteiger partial charge in [0.1, 0.15) is 6.61 Å². The Hall–Kier alpha value is -2.37. The summed E-state index contributed by atoms with van der Waals surface area (Å²) in [7, 11) is 0. The molecule has 0 saturated heterocycles.